The summed E-state index contributed by atoms with van der Waals surface area (Å²) in [5.41, 5.74) is 0.614. The van der Waals surface area contributed by atoms with Crippen molar-refractivity contribution >= 4 is 40.3 Å². The number of hydrogen-bond acceptors (Lipinski definition) is 2. The van der Waals surface area contributed by atoms with E-state index in [1.807, 2.05) is 43.4 Å². The van der Waals surface area contributed by atoms with Crippen LogP contribution in [0.5, 0.6) is 0 Å². The van der Waals surface area contributed by atoms with Crippen molar-refractivity contribution in [2.24, 2.45) is 5.41 Å². The maximum Gasteiger partial charge on any atom is 0.335 e. The molecule has 1 aromatic carbocycles. The lowest BCUT2D eigenvalue weighted by molar-refractivity contribution is 0.0697. The van der Waals surface area contributed by atoms with E-state index in [0.29, 0.717) is 12.2 Å². The summed E-state index contributed by atoms with van der Waals surface area (Å²) < 4.78 is 0.753. The molecule has 0 radical (unpaired) electrons. The predicted molar refractivity (Wildman–Crippen MR) is 82.6 cm³/mol. The Labute approximate surface area is 125 Å². The van der Waals surface area contributed by atoms with Gasteiger partial charge in [-0.3, -0.25) is 0 Å². The topological polar surface area (TPSA) is 78.4 Å². The van der Waals surface area contributed by atoms with Crippen LogP contribution in [0.25, 0.3) is 0 Å². The Morgan fingerprint density at radius 1 is 1.26 bits per heavy atom. The number of carbonyl (C=O) groups excluding carboxylic acids is 1. The minimum absolute atomic E-state index is 0.00528. The summed E-state index contributed by atoms with van der Waals surface area (Å²) in [6.45, 7) is 6.58. The number of aromatic carboxylic acids is 1. The molecule has 0 saturated carbocycles. The number of hydrogen-bond donors (Lipinski definition) is 3. The molecule has 0 aromatic heterocycles. The summed E-state index contributed by atoms with van der Waals surface area (Å²) in [5, 5.41) is 14.3. The molecule has 0 saturated heterocycles. The van der Waals surface area contributed by atoms with Gasteiger partial charge in [0.15, 0.2) is 0 Å². The molecule has 0 atom stereocenters. The van der Waals surface area contributed by atoms with Gasteiger partial charge in [-0.25, -0.2) is 9.59 Å². The van der Waals surface area contributed by atoms with Crippen molar-refractivity contribution in [1.29, 1.82) is 0 Å². The van der Waals surface area contributed by atoms with E-state index in [2.05, 4.69) is 10.6 Å². The van der Waals surface area contributed by atoms with Crippen LogP contribution in [0.1, 0.15) is 31.1 Å². The van der Waals surface area contributed by atoms with Crippen LogP contribution in [0.15, 0.2) is 18.2 Å². The highest BCUT2D eigenvalue weighted by atomic mass is 127. The van der Waals surface area contributed by atoms with E-state index in [1.165, 1.54) is 6.07 Å². The monoisotopic (exact) mass is 376 g/mol. The van der Waals surface area contributed by atoms with Crippen LogP contribution in [0.4, 0.5) is 10.5 Å². The van der Waals surface area contributed by atoms with Crippen LogP contribution < -0.4 is 10.6 Å². The Balaban J connectivity index is 2.71. The number of carboxylic acid groups (broad SMARTS) is 1. The van der Waals surface area contributed by atoms with E-state index < -0.39 is 5.97 Å². The molecular formula is C13H17IN2O3. The first kappa shape index (κ1) is 15.7. The van der Waals surface area contributed by atoms with Crippen molar-refractivity contribution in [1.82, 2.24) is 5.32 Å². The number of carbonyl (C=O) groups is 2. The molecule has 19 heavy (non-hydrogen) atoms. The molecule has 0 aliphatic heterocycles. The third-order valence-corrected chi connectivity index (χ3v) is 2.80. The largest absolute Gasteiger partial charge is 0.478 e. The molecule has 104 valence electrons. The number of anilines is 1. The van der Waals surface area contributed by atoms with Gasteiger partial charge in [0.05, 0.1) is 5.56 Å². The van der Waals surface area contributed by atoms with Crippen molar-refractivity contribution in [3.63, 3.8) is 0 Å². The lowest BCUT2D eigenvalue weighted by Crippen LogP contribution is -2.35. The second kappa shape index (κ2) is 6.23. The predicted octanol–water partition coefficient (Wildman–Crippen LogP) is 3.16. The van der Waals surface area contributed by atoms with Gasteiger partial charge in [0.1, 0.15) is 0 Å². The summed E-state index contributed by atoms with van der Waals surface area (Å²) in [5.74, 6) is -1.02. The van der Waals surface area contributed by atoms with Crippen molar-refractivity contribution in [3.8, 4) is 0 Å². The molecule has 1 aromatic rings. The first-order valence-corrected chi connectivity index (χ1v) is 6.84. The Kier molecular flexibility index (Phi) is 5.16. The Morgan fingerprint density at radius 3 is 2.42 bits per heavy atom. The zero-order valence-corrected chi connectivity index (χ0v) is 13.2. The van der Waals surface area contributed by atoms with Gasteiger partial charge < -0.3 is 15.7 Å². The lowest BCUT2D eigenvalue weighted by Gasteiger charge is -2.19. The average molecular weight is 376 g/mol. The number of rotatable bonds is 3. The highest BCUT2D eigenvalue weighted by molar-refractivity contribution is 14.1. The number of nitrogens with one attached hydrogen (secondary N) is 2. The molecular weight excluding hydrogens is 359 g/mol. The van der Waals surface area contributed by atoms with E-state index in [9.17, 15) is 9.59 Å². The second-order valence-electron chi connectivity index (χ2n) is 5.40. The number of amides is 2. The maximum atomic E-state index is 11.7. The van der Waals surface area contributed by atoms with Crippen molar-refractivity contribution < 1.29 is 14.7 Å². The normalized spacial score (nSPS) is 10.9. The average Bonchev–Trinajstić information content (AvgIpc) is 2.24. The van der Waals surface area contributed by atoms with Crippen LogP contribution in [0, 0.1) is 8.99 Å². The van der Waals surface area contributed by atoms with Crippen LogP contribution in [0.2, 0.25) is 0 Å². The minimum Gasteiger partial charge on any atom is -0.478 e. The molecule has 0 bridgehead atoms. The first-order valence-electron chi connectivity index (χ1n) is 5.76. The van der Waals surface area contributed by atoms with Crippen molar-refractivity contribution in [3.05, 3.63) is 27.3 Å². The fourth-order valence-corrected chi connectivity index (χ4v) is 1.98. The fraction of sp³-hybridized carbons (Fsp3) is 0.385. The first-order chi connectivity index (χ1) is 8.67. The Bertz CT molecular complexity index is 495. The quantitative estimate of drug-likeness (QED) is 0.710. The summed E-state index contributed by atoms with van der Waals surface area (Å²) in [4.78, 5) is 22.6. The van der Waals surface area contributed by atoms with Crippen molar-refractivity contribution in [2.45, 2.75) is 20.8 Å². The van der Waals surface area contributed by atoms with Gasteiger partial charge in [0, 0.05) is 15.8 Å². The van der Waals surface area contributed by atoms with Gasteiger partial charge in [0.25, 0.3) is 0 Å². The molecule has 0 fully saturated rings. The second-order valence-corrected chi connectivity index (χ2v) is 6.65. The summed E-state index contributed by atoms with van der Waals surface area (Å²) in [6.07, 6.45) is 0. The number of urea groups is 1. The van der Waals surface area contributed by atoms with E-state index in [1.54, 1.807) is 12.1 Å². The maximum absolute atomic E-state index is 11.7. The number of carboxylic acids is 1. The zero-order valence-electron chi connectivity index (χ0n) is 11.1. The Hall–Kier alpha value is -1.31. The zero-order chi connectivity index (χ0) is 14.6. The van der Waals surface area contributed by atoms with Gasteiger partial charge in [-0.05, 0) is 46.2 Å². The molecule has 0 spiro atoms. The van der Waals surface area contributed by atoms with Gasteiger partial charge in [-0.15, -0.1) is 0 Å². The van der Waals surface area contributed by atoms with Gasteiger partial charge in [0.2, 0.25) is 0 Å². The SMILES string of the molecule is CC(C)(C)CNC(=O)Nc1cc(I)cc(C(=O)O)c1. The molecule has 0 aliphatic carbocycles. The lowest BCUT2D eigenvalue weighted by atomic mass is 9.97. The summed E-state index contributed by atoms with van der Waals surface area (Å²) >= 11 is 2.01. The summed E-state index contributed by atoms with van der Waals surface area (Å²) in [6, 6.07) is 4.35. The van der Waals surface area contributed by atoms with Crippen LogP contribution in [-0.2, 0) is 0 Å². The van der Waals surface area contributed by atoms with Crippen LogP contribution in [0.3, 0.4) is 0 Å². The number of halogens is 1. The molecule has 0 heterocycles. The van der Waals surface area contributed by atoms with Gasteiger partial charge >= 0.3 is 12.0 Å². The minimum atomic E-state index is -1.02. The molecule has 1 rings (SSSR count). The molecule has 6 heteroatoms. The summed E-state index contributed by atoms with van der Waals surface area (Å²) in [7, 11) is 0. The van der Waals surface area contributed by atoms with Gasteiger partial charge in [-0.2, -0.15) is 0 Å². The molecule has 0 aliphatic rings. The Morgan fingerprint density at radius 2 is 1.89 bits per heavy atom. The molecule has 5 nitrogen and oxygen atoms in total. The van der Waals surface area contributed by atoms with E-state index in [0.717, 1.165) is 3.57 Å². The molecule has 2 amide bonds. The smallest absolute Gasteiger partial charge is 0.335 e. The number of benzene rings is 1. The van der Waals surface area contributed by atoms with E-state index >= 15 is 0 Å². The van der Waals surface area contributed by atoms with Crippen molar-refractivity contribution in [2.75, 3.05) is 11.9 Å². The highest BCUT2D eigenvalue weighted by Crippen LogP contribution is 2.17. The molecule has 0 unspecified atom stereocenters. The fourth-order valence-electron chi connectivity index (χ4n) is 1.31. The van der Waals surface area contributed by atoms with Crippen LogP contribution in [-0.4, -0.2) is 23.7 Å². The van der Waals surface area contributed by atoms with E-state index in [-0.39, 0.29) is 17.0 Å². The van der Waals surface area contributed by atoms with E-state index in [4.69, 9.17) is 5.11 Å². The highest BCUT2D eigenvalue weighted by Gasteiger charge is 2.12. The third kappa shape index (κ3) is 5.91. The standard InChI is InChI=1S/C13H17IN2O3/c1-13(2,3)7-15-12(19)16-10-5-8(11(17)18)4-9(14)6-10/h4-6H,7H2,1-3H3,(H,17,18)(H2,15,16,19). The van der Waals surface area contributed by atoms with Gasteiger partial charge in [-0.1, -0.05) is 20.8 Å². The van der Waals surface area contributed by atoms with Crippen LogP contribution >= 0.6 is 22.6 Å². The third-order valence-electron chi connectivity index (χ3n) is 2.18. The molecule has 3 N–H and O–H groups in total.